The van der Waals surface area contributed by atoms with E-state index >= 15 is 0 Å². The monoisotopic (exact) mass is 345 g/mol. The molecule has 0 aliphatic heterocycles. The molecule has 0 bridgehead atoms. The molecule has 1 atom stereocenters. The number of methoxy groups -OCH3 is 1. The van der Waals surface area contributed by atoms with Crippen LogP contribution in [0.4, 0.5) is 0 Å². The van der Waals surface area contributed by atoms with Crippen LogP contribution in [0.2, 0.25) is 0 Å². The molecule has 2 aromatic heterocycles. The molecule has 0 fully saturated rings. The lowest BCUT2D eigenvalue weighted by molar-refractivity contribution is -0.122. The molecule has 0 aliphatic rings. The van der Waals surface area contributed by atoms with Crippen molar-refractivity contribution in [2.24, 2.45) is 0 Å². The molecule has 0 radical (unpaired) electrons. The van der Waals surface area contributed by atoms with E-state index in [1.165, 1.54) is 4.57 Å². The van der Waals surface area contributed by atoms with Gasteiger partial charge < -0.3 is 19.0 Å². The number of hydrogen-bond donors (Lipinski definition) is 1. The third-order valence-electron chi connectivity index (χ3n) is 3.82. The first kappa shape index (κ1) is 16.9. The molecule has 2 heterocycles. The van der Waals surface area contributed by atoms with Gasteiger partial charge in [-0.3, -0.25) is 9.36 Å². The fraction of sp³-hybridized carbons (Fsp3) is 0.375. The van der Waals surface area contributed by atoms with Crippen LogP contribution >= 0.6 is 0 Å². The molecule has 3 rings (SSSR count). The summed E-state index contributed by atoms with van der Waals surface area (Å²) in [5.74, 6) is -0.260. The first-order chi connectivity index (χ1) is 12.1. The lowest BCUT2D eigenvalue weighted by Crippen LogP contribution is -2.33. The molecule has 1 amide bonds. The maximum absolute atomic E-state index is 12.3. The SMILES string of the molecule is COCCn1cnnc1C(C)NC(=O)Cn1c(=O)oc2ccccc21. The first-order valence-corrected chi connectivity index (χ1v) is 7.84. The van der Waals surface area contributed by atoms with Gasteiger partial charge in [-0.15, -0.1) is 10.2 Å². The van der Waals surface area contributed by atoms with Gasteiger partial charge in [0.05, 0.1) is 18.2 Å². The van der Waals surface area contributed by atoms with Crippen molar-refractivity contribution in [2.45, 2.75) is 26.1 Å². The fourth-order valence-electron chi connectivity index (χ4n) is 2.62. The number of aromatic nitrogens is 4. The van der Waals surface area contributed by atoms with Crippen molar-refractivity contribution in [1.82, 2.24) is 24.6 Å². The van der Waals surface area contributed by atoms with Gasteiger partial charge in [0.1, 0.15) is 12.9 Å². The molecule has 132 valence electrons. The summed E-state index contributed by atoms with van der Waals surface area (Å²) < 4.78 is 13.3. The zero-order chi connectivity index (χ0) is 17.8. The fourth-order valence-corrected chi connectivity index (χ4v) is 2.62. The Bertz CT molecular complexity index is 926. The van der Waals surface area contributed by atoms with Crippen LogP contribution in [0.25, 0.3) is 11.1 Å². The normalized spacial score (nSPS) is 12.4. The van der Waals surface area contributed by atoms with Gasteiger partial charge in [-0.1, -0.05) is 12.1 Å². The van der Waals surface area contributed by atoms with Crippen LogP contribution in [0.5, 0.6) is 0 Å². The van der Waals surface area contributed by atoms with Crippen molar-refractivity contribution >= 4 is 17.0 Å². The van der Waals surface area contributed by atoms with Crippen LogP contribution < -0.4 is 11.1 Å². The number of benzene rings is 1. The van der Waals surface area contributed by atoms with Crippen LogP contribution in [0, 0.1) is 0 Å². The zero-order valence-electron chi connectivity index (χ0n) is 14.0. The Labute approximate surface area is 143 Å². The number of fused-ring (bicyclic) bond motifs is 1. The standard InChI is InChI=1S/C16H19N5O4/c1-11(15-19-17-10-20(15)7-8-24-2)18-14(22)9-21-12-5-3-4-6-13(12)25-16(21)23/h3-6,10-11H,7-9H2,1-2H3,(H,18,22). The molecule has 9 heteroatoms. The summed E-state index contributed by atoms with van der Waals surface area (Å²) in [6.07, 6.45) is 1.59. The second kappa shape index (κ2) is 7.31. The van der Waals surface area contributed by atoms with E-state index in [2.05, 4.69) is 15.5 Å². The van der Waals surface area contributed by atoms with E-state index in [0.29, 0.717) is 30.1 Å². The van der Waals surface area contributed by atoms with Gasteiger partial charge in [0.2, 0.25) is 5.91 Å². The Morgan fingerprint density at radius 1 is 1.40 bits per heavy atom. The Hall–Kier alpha value is -2.94. The van der Waals surface area contributed by atoms with Crippen LogP contribution in [0.15, 0.2) is 39.8 Å². The highest BCUT2D eigenvalue weighted by Gasteiger charge is 2.18. The number of carbonyl (C=O) groups excluding carboxylic acids is 1. The Kier molecular flexibility index (Phi) is 4.94. The highest BCUT2D eigenvalue weighted by molar-refractivity contribution is 5.79. The number of rotatable bonds is 7. The average molecular weight is 345 g/mol. The highest BCUT2D eigenvalue weighted by atomic mass is 16.5. The van der Waals surface area contributed by atoms with Gasteiger partial charge in [-0.2, -0.15) is 0 Å². The van der Waals surface area contributed by atoms with Crippen LogP contribution in [-0.2, 0) is 22.6 Å². The second-order valence-corrected chi connectivity index (χ2v) is 5.59. The highest BCUT2D eigenvalue weighted by Crippen LogP contribution is 2.12. The summed E-state index contributed by atoms with van der Waals surface area (Å²) in [6.45, 7) is 2.78. The second-order valence-electron chi connectivity index (χ2n) is 5.59. The third kappa shape index (κ3) is 3.61. The Morgan fingerprint density at radius 3 is 3.00 bits per heavy atom. The topological polar surface area (TPSA) is 104 Å². The van der Waals surface area contributed by atoms with Gasteiger partial charge >= 0.3 is 5.76 Å². The predicted octanol–water partition coefficient (Wildman–Crippen LogP) is 0.710. The molecule has 3 aromatic rings. The van der Waals surface area contributed by atoms with Crippen molar-refractivity contribution in [1.29, 1.82) is 0 Å². The van der Waals surface area contributed by atoms with Crippen LogP contribution in [0.1, 0.15) is 18.8 Å². The van der Waals surface area contributed by atoms with Crippen molar-refractivity contribution in [3.63, 3.8) is 0 Å². The Balaban J connectivity index is 1.71. The lowest BCUT2D eigenvalue weighted by atomic mass is 10.3. The number of ether oxygens (including phenoxy) is 1. The quantitative estimate of drug-likeness (QED) is 0.676. The third-order valence-corrected chi connectivity index (χ3v) is 3.82. The summed E-state index contributed by atoms with van der Waals surface area (Å²) in [5, 5.41) is 10.7. The summed E-state index contributed by atoms with van der Waals surface area (Å²) in [7, 11) is 1.61. The molecular weight excluding hydrogens is 326 g/mol. The molecule has 9 nitrogen and oxygen atoms in total. The molecule has 0 aliphatic carbocycles. The van der Waals surface area contributed by atoms with Gasteiger partial charge in [-0.05, 0) is 19.1 Å². The summed E-state index contributed by atoms with van der Waals surface area (Å²) in [4.78, 5) is 24.3. The first-order valence-electron chi connectivity index (χ1n) is 7.84. The predicted molar refractivity (Wildman–Crippen MR) is 88.9 cm³/mol. The minimum absolute atomic E-state index is 0.133. The van der Waals surface area contributed by atoms with Crippen molar-refractivity contribution in [2.75, 3.05) is 13.7 Å². The van der Waals surface area contributed by atoms with E-state index in [1.54, 1.807) is 37.7 Å². The van der Waals surface area contributed by atoms with Crippen molar-refractivity contribution < 1.29 is 13.9 Å². The Morgan fingerprint density at radius 2 is 2.20 bits per heavy atom. The number of nitrogens with one attached hydrogen (secondary N) is 1. The number of para-hydroxylation sites is 2. The van der Waals surface area contributed by atoms with E-state index in [0.717, 1.165) is 0 Å². The molecule has 0 saturated heterocycles. The van der Waals surface area contributed by atoms with Gasteiger partial charge in [0.15, 0.2) is 11.4 Å². The molecule has 1 N–H and O–H groups in total. The molecular formula is C16H19N5O4. The molecule has 25 heavy (non-hydrogen) atoms. The number of nitrogens with zero attached hydrogens (tertiary/aromatic N) is 4. The number of oxazole rings is 1. The number of amides is 1. The summed E-state index contributed by atoms with van der Waals surface area (Å²) in [5.41, 5.74) is 1.03. The van der Waals surface area contributed by atoms with E-state index in [1.807, 2.05) is 11.5 Å². The largest absolute Gasteiger partial charge is 0.420 e. The van der Waals surface area contributed by atoms with Crippen LogP contribution in [-0.4, -0.2) is 39.0 Å². The average Bonchev–Trinajstić information content (AvgIpc) is 3.18. The zero-order valence-corrected chi connectivity index (χ0v) is 14.0. The van der Waals surface area contributed by atoms with Crippen molar-refractivity contribution in [3.05, 3.63) is 47.0 Å². The van der Waals surface area contributed by atoms with E-state index < -0.39 is 5.76 Å². The smallest absolute Gasteiger partial charge is 0.408 e. The number of carbonyl (C=O) groups is 1. The maximum Gasteiger partial charge on any atom is 0.420 e. The maximum atomic E-state index is 12.3. The molecule has 0 spiro atoms. The van der Waals surface area contributed by atoms with E-state index in [9.17, 15) is 9.59 Å². The molecule has 1 unspecified atom stereocenters. The minimum atomic E-state index is -0.563. The van der Waals surface area contributed by atoms with E-state index in [4.69, 9.17) is 9.15 Å². The van der Waals surface area contributed by atoms with Gasteiger partial charge in [0.25, 0.3) is 0 Å². The number of hydrogen-bond acceptors (Lipinski definition) is 6. The molecule has 1 aromatic carbocycles. The minimum Gasteiger partial charge on any atom is -0.408 e. The molecule has 0 saturated carbocycles. The van der Waals surface area contributed by atoms with Gasteiger partial charge in [0, 0.05) is 13.7 Å². The van der Waals surface area contributed by atoms with Crippen molar-refractivity contribution in [3.8, 4) is 0 Å². The van der Waals surface area contributed by atoms with E-state index in [-0.39, 0.29) is 18.5 Å². The summed E-state index contributed by atoms with van der Waals surface area (Å²) >= 11 is 0. The lowest BCUT2D eigenvalue weighted by Gasteiger charge is -2.14. The van der Waals surface area contributed by atoms with Crippen LogP contribution in [0.3, 0.4) is 0 Å². The van der Waals surface area contributed by atoms with Gasteiger partial charge in [-0.25, -0.2) is 4.79 Å². The summed E-state index contributed by atoms with van der Waals surface area (Å²) in [6, 6.07) is 6.61.